The Morgan fingerprint density at radius 1 is 1.28 bits per heavy atom. The molecule has 0 aliphatic carbocycles. The van der Waals surface area contributed by atoms with Crippen LogP contribution in [0.15, 0.2) is 12.3 Å². The number of aryl methyl sites for hydroxylation is 2. The van der Waals surface area contributed by atoms with E-state index in [1.165, 1.54) is 0 Å². The number of likely N-dealkylation sites (tertiary alicyclic amines) is 1. The van der Waals surface area contributed by atoms with Crippen molar-refractivity contribution in [3.63, 3.8) is 0 Å². The maximum absolute atomic E-state index is 12.4. The molecule has 3 rings (SSSR count). The molecule has 1 fully saturated rings. The second-order valence-corrected chi connectivity index (χ2v) is 6.63. The number of hydrogen-bond acceptors (Lipinski definition) is 4. The van der Waals surface area contributed by atoms with Gasteiger partial charge in [-0.15, -0.1) is 0 Å². The van der Waals surface area contributed by atoms with E-state index >= 15 is 0 Å². The lowest BCUT2D eigenvalue weighted by Gasteiger charge is -2.20. The summed E-state index contributed by atoms with van der Waals surface area (Å²) in [4.78, 5) is 30.7. The summed E-state index contributed by atoms with van der Waals surface area (Å²) in [6, 6.07) is 1.93. The van der Waals surface area contributed by atoms with E-state index in [0.29, 0.717) is 30.7 Å². The van der Waals surface area contributed by atoms with Crippen molar-refractivity contribution in [3.05, 3.63) is 29.2 Å². The first-order valence-electron chi connectivity index (χ1n) is 8.94. The Balaban J connectivity index is 1.55. The highest BCUT2D eigenvalue weighted by atomic mass is 16.2. The molecule has 1 aliphatic heterocycles. The number of rotatable bonds is 5. The number of amides is 2. The van der Waals surface area contributed by atoms with Gasteiger partial charge in [0.1, 0.15) is 5.56 Å². The van der Waals surface area contributed by atoms with Gasteiger partial charge in [-0.25, -0.2) is 9.50 Å². The van der Waals surface area contributed by atoms with Gasteiger partial charge in [-0.05, 0) is 39.2 Å². The van der Waals surface area contributed by atoms with Crippen molar-refractivity contribution in [2.24, 2.45) is 0 Å². The van der Waals surface area contributed by atoms with E-state index in [1.54, 1.807) is 10.7 Å². The first kappa shape index (κ1) is 17.4. The maximum atomic E-state index is 12.4. The molecule has 25 heavy (non-hydrogen) atoms. The third-order valence-corrected chi connectivity index (χ3v) is 4.58. The Kier molecular flexibility index (Phi) is 5.31. The molecule has 1 N–H and O–H groups in total. The first-order valence-corrected chi connectivity index (χ1v) is 8.94. The molecule has 0 radical (unpaired) electrons. The molecule has 0 aromatic carbocycles. The second-order valence-electron chi connectivity index (χ2n) is 6.63. The molecule has 2 amide bonds. The van der Waals surface area contributed by atoms with Crippen LogP contribution in [0.5, 0.6) is 0 Å². The van der Waals surface area contributed by atoms with Crippen LogP contribution in [-0.4, -0.2) is 50.9 Å². The van der Waals surface area contributed by atoms with Crippen LogP contribution >= 0.6 is 0 Å². The molecule has 3 heterocycles. The van der Waals surface area contributed by atoms with E-state index in [9.17, 15) is 9.59 Å². The van der Waals surface area contributed by atoms with Crippen molar-refractivity contribution in [2.75, 3.05) is 19.6 Å². The summed E-state index contributed by atoms with van der Waals surface area (Å²) in [6.45, 7) is 5.91. The number of carbonyl (C=O) groups is 2. The number of aromatic nitrogens is 3. The highest BCUT2D eigenvalue weighted by molar-refractivity contribution is 5.99. The van der Waals surface area contributed by atoms with Gasteiger partial charge in [0, 0.05) is 37.4 Å². The summed E-state index contributed by atoms with van der Waals surface area (Å²) in [6.07, 6.45) is 6.15. The van der Waals surface area contributed by atoms with Gasteiger partial charge in [-0.1, -0.05) is 6.42 Å². The SMILES string of the molecule is Cc1cc(C)n2ncc(C(=O)NCCCN3CCCCCC3=O)c2n1. The molecule has 2 aromatic rings. The van der Waals surface area contributed by atoms with Gasteiger partial charge in [0.25, 0.3) is 5.91 Å². The summed E-state index contributed by atoms with van der Waals surface area (Å²) < 4.78 is 1.68. The fraction of sp³-hybridized carbons (Fsp3) is 0.556. The standard InChI is InChI=1S/C18H25N5O2/c1-13-11-14(2)23-17(21-13)15(12-20-23)18(25)19-8-6-10-22-9-5-3-4-7-16(22)24/h11-12H,3-10H2,1-2H3,(H,19,25). The van der Waals surface area contributed by atoms with Gasteiger partial charge < -0.3 is 10.2 Å². The predicted octanol–water partition coefficient (Wildman–Crippen LogP) is 1.87. The Bertz CT molecular complexity index is 783. The molecular formula is C18H25N5O2. The van der Waals surface area contributed by atoms with Crippen LogP contribution in [0.25, 0.3) is 5.65 Å². The van der Waals surface area contributed by atoms with Crippen LogP contribution < -0.4 is 5.32 Å². The summed E-state index contributed by atoms with van der Waals surface area (Å²) in [5.41, 5.74) is 2.87. The van der Waals surface area contributed by atoms with Crippen molar-refractivity contribution >= 4 is 17.5 Å². The smallest absolute Gasteiger partial charge is 0.256 e. The Labute approximate surface area is 147 Å². The highest BCUT2D eigenvalue weighted by Gasteiger charge is 2.17. The zero-order chi connectivity index (χ0) is 17.8. The van der Waals surface area contributed by atoms with Crippen LogP contribution in [0.3, 0.4) is 0 Å². The fourth-order valence-electron chi connectivity index (χ4n) is 3.27. The average Bonchev–Trinajstić information content (AvgIpc) is 2.89. The second kappa shape index (κ2) is 7.63. The molecular weight excluding hydrogens is 318 g/mol. The first-order chi connectivity index (χ1) is 12.1. The quantitative estimate of drug-likeness (QED) is 0.841. The normalized spacial score (nSPS) is 15.4. The third kappa shape index (κ3) is 3.97. The van der Waals surface area contributed by atoms with E-state index < -0.39 is 0 Å². The van der Waals surface area contributed by atoms with Crippen LogP contribution in [0.1, 0.15) is 53.8 Å². The number of carbonyl (C=O) groups excluding carboxylic acids is 2. The third-order valence-electron chi connectivity index (χ3n) is 4.58. The fourth-order valence-corrected chi connectivity index (χ4v) is 3.27. The van der Waals surface area contributed by atoms with E-state index in [1.807, 2.05) is 24.8 Å². The molecule has 7 nitrogen and oxygen atoms in total. The monoisotopic (exact) mass is 343 g/mol. The van der Waals surface area contributed by atoms with Crippen LogP contribution in [0, 0.1) is 13.8 Å². The topological polar surface area (TPSA) is 79.6 Å². The predicted molar refractivity (Wildman–Crippen MR) is 94.5 cm³/mol. The van der Waals surface area contributed by atoms with Crippen molar-refractivity contribution in [1.82, 2.24) is 24.8 Å². The molecule has 1 aliphatic rings. The lowest BCUT2D eigenvalue weighted by molar-refractivity contribution is -0.130. The summed E-state index contributed by atoms with van der Waals surface area (Å²) in [7, 11) is 0. The zero-order valence-electron chi connectivity index (χ0n) is 14.9. The Hall–Kier alpha value is -2.44. The van der Waals surface area contributed by atoms with E-state index in [4.69, 9.17) is 0 Å². The van der Waals surface area contributed by atoms with Gasteiger partial charge in [0.2, 0.25) is 5.91 Å². The minimum Gasteiger partial charge on any atom is -0.352 e. The van der Waals surface area contributed by atoms with Gasteiger partial charge >= 0.3 is 0 Å². The summed E-state index contributed by atoms with van der Waals surface area (Å²) in [5, 5.41) is 7.16. The maximum Gasteiger partial charge on any atom is 0.256 e. The molecule has 1 saturated heterocycles. The Morgan fingerprint density at radius 2 is 2.12 bits per heavy atom. The molecule has 0 unspecified atom stereocenters. The van der Waals surface area contributed by atoms with E-state index in [2.05, 4.69) is 15.4 Å². The molecule has 0 saturated carbocycles. The van der Waals surface area contributed by atoms with Gasteiger partial charge in [-0.3, -0.25) is 9.59 Å². The molecule has 2 aromatic heterocycles. The number of hydrogen-bond donors (Lipinski definition) is 1. The highest BCUT2D eigenvalue weighted by Crippen LogP contribution is 2.13. The van der Waals surface area contributed by atoms with Crippen LogP contribution in [0.4, 0.5) is 0 Å². The van der Waals surface area contributed by atoms with Crippen LogP contribution in [-0.2, 0) is 4.79 Å². The number of fused-ring (bicyclic) bond motifs is 1. The summed E-state index contributed by atoms with van der Waals surface area (Å²) in [5.74, 6) is 0.0660. The van der Waals surface area contributed by atoms with Gasteiger partial charge in [0.15, 0.2) is 5.65 Å². The largest absolute Gasteiger partial charge is 0.352 e. The molecule has 7 heteroatoms. The molecule has 0 bridgehead atoms. The lowest BCUT2D eigenvalue weighted by atomic mass is 10.2. The molecule has 0 spiro atoms. The van der Waals surface area contributed by atoms with Crippen LogP contribution in [0.2, 0.25) is 0 Å². The van der Waals surface area contributed by atoms with E-state index in [0.717, 1.165) is 43.6 Å². The van der Waals surface area contributed by atoms with E-state index in [-0.39, 0.29) is 11.8 Å². The zero-order valence-corrected chi connectivity index (χ0v) is 14.9. The number of nitrogens with zero attached hydrogens (tertiary/aromatic N) is 4. The van der Waals surface area contributed by atoms with Gasteiger partial charge in [-0.2, -0.15) is 5.10 Å². The van der Waals surface area contributed by atoms with Crippen molar-refractivity contribution in [1.29, 1.82) is 0 Å². The minimum atomic E-state index is -0.172. The Morgan fingerprint density at radius 3 is 2.96 bits per heavy atom. The molecule has 134 valence electrons. The van der Waals surface area contributed by atoms with Gasteiger partial charge in [0.05, 0.1) is 6.20 Å². The lowest BCUT2D eigenvalue weighted by Crippen LogP contribution is -2.34. The number of nitrogens with one attached hydrogen (secondary N) is 1. The van der Waals surface area contributed by atoms with Crippen molar-refractivity contribution in [3.8, 4) is 0 Å². The molecule has 0 atom stereocenters. The minimum absolute atomic E-state index is 0.172. The van der Waals surface area contributed by atoms with Crippen molar-refractivity contribution in [2.45, 2.75) is 46.0 Å². The average molecular weight is 343 g/mol. The summed E-state index contributed by atoms with van der Waals surface area (Å²) >= 11 is 0. The van der Waals surface area contributed by atoms with Crippen molar-refractivity contribution < 1.29 is 9.59 Å².